The van der Waals surface area contributed by atoms with E-state index in [-0.39, 0.29) is 29.3 Å². The lowest BCUT2D eigenvalue weighted by Crippen LogP contribution is -2.31. The largest absolute Gasteiger partial charge is 0.477 e. The van der Waals surface area contributed by atoms with Crippen LogP contribution in [0.2, 0.25) is 0 Å². The topological polar surface area (TPSA) is 105 Å². The minimum absolute atomic E-state index is 0.157. The zero-order valence-corrected chi connectivity index (χ0v) is 14.3. The summed E-state index contributed by atoms with van der Waals surface area (Å²) in [6.45, 7) is 0.553. The Bertz CT molecular complexity index is 893. The number of ether oxygens (including phenoxy) is 2. The van der Waals surface area contributed by atoms with Gasteiger partial charge in [0.1, 0.15) is 6.10 Å². The van der Waals surface area contributed by atoms with Gasteiger partial charge in [-0.25, -0.2) is 18.4 Å². The molecule has 130 valence electrons. The first kappa shape index (κ1) is 17.1. The van der Waals surface area contributed by atoms with Gasteiger partial charge in [0.25, 0.3) is 11.8 Å². The molecule has 3 rings (SSSR count). The van der Waals surface area contributed by atoms with Crippen LogP contribution in [0.5, 0.6) is 11.8 Å². The Kier molecular flexibility index (Phi) is 4.83. The average Bonchev–Trinajstić information content (AvgIpc) is 3.11. The van der Waals surface area contributed by atoms with Gasteiger partial charge in [-0.1, -0.05) is 0 Å². The molecule has 1 saturated heterocycles. The Morgan fingerprint density at radius 2 is 1.88 bits per heavy atom. The second-order valence-corrected chi connectivity index (χ2v) is 7.34. The van der Waals surface area contributed by atoms with Crippen molar-refractivity contribution in [2.45, 2.75) is 17.4 Å². The van der Waals surface area contributed by atoms with Crippen LogP contribution in [0.1, 0.15) is 12.0 Å². The van der Waals surface area contributed by atoms with Gasteiger partial charge < -0.3 is 9.47 Å². The van der Waals surface area contributed by atoms with E-state index >= 15 is 0 Å². The van der Waals surface area contributed by atoms with Crippen molar-refractivity contribution in [3.05, 3.63) is 42.2 Å². The van der Waals surface area contributed by atoms with Crippen LogP contribution in [0.3, 0.4) is 0 Å². The predicted octanol–water partition coefficient (Wildman–Crippen LogP) is 1.20. The minimum Gasteiger partial charge on any atom is -0.477 e. The van der Waals surface area contributed by atoms with Crippen LogP contribution in [-0.2, 0) is 10.0 Å². The van der Waals surface area contributed by atoms with Crippen LogP contribution in [0.15, 0.2) is 41.6 Å². The molecule has 1 atom stereocenters. The van der Waals surface area contributed by atoms with Crippen LogP contribution < -0.4 is 9.47 Å². The molecule has 9 heteroatoms. The number of nitrogens with zero attached hydrogens (tertiary/aromatic N) is 4. The molecule has 0 saturated carbocycles. The van der Waals surface area contributed by atoms with E-state index in [4.69, 9.17) is 14.7 Å². The fraction of sp³-hybridized carbons (Fsp3) is 0.312. The summed E-state index contributed by atoms with van der Waals surface area (Å²) in [5, 5.41) is 8.81. The van der Waals surface area contributed by atoms with E-state index in [0.717, 1.165) is 0 Å². The van der Waals surface area contributed by atoms with Gasteiger partial charge in [0.15, 0.2) is 0 Å². The molecule has 2 aromatic rings. The number of nitriles is 1. The van der Waals surface area contributed by atoms with E-state index in [2.05, 4.69) is 9.97 Å². The Morgan fingerprint density at radius 3 is 2.52 bits per heavy atom. The highest BCUT2D eigenvalue weighted by molar-refractivity contribution is 7.89. The molecule has 8 nitrogen and oxygen atoms in total. The molecule has 1 aliphatic heterocycles. The van der Waals surface area contributed by atoms with E-state index in [0.29, 0.717) is 18.5 Å². The summed E-state index contributed by atoms with van der Waals surface area (Å²) >= 11 is 0. The number of methoxy groups -OCH3 is 1. The average molecular weight is 360 g/mol. The highest BCUT2D eigenvalue weighted by Crippen LogP contribution is 2.26. The SMILES string of the molecule is COc1nccnc1OC1CCN(S(=O)(=O)c2ccc(C#N)cc2)C1. The van der Waals surface area contributed by atoms with Crippen molar-refractivity contribution in [2.24, 2.45) is 0 Å². The summed E-state index contributed by atoms with van der Waals surface area (Å²) < 4.78 is 37.6. The lowest BCUT2D eigenvalue weighted by Gasteiger charge is -2.17. The summed E-state index contributed by atoms with van der Waals surface area (Å²) in [5.74, 6) is 0.503. The standard InChI is InChI=1S/C16H16N4O4S/c1-23-15-16(19-8-7-18-15)24-13-6-9-20(11-13)25(21,22)14-4-2-12(10-17)3-5-14/h2-5,7-8,13H,6,9,11H2,1H3. The zero-order chi connectivity index (χ0) is 17.9. The number of hydrogen-bond acceptors (Lipinski definition) is 7. The Labute approximate surface area is 145 Å². The van der Waals surface area contributed by atoms with Gasteiger partial charge in [-0.2, -0.15) is 9.57 Å². The van der Waals surface area contributed by atoms with Crippen molar-refractivity contribution >= 4 is 10.0 Å². The molecule has 1 aliphatic rings. The molecule has 25 heavy (non-hydrogen) atoms. The molecule has 1 fully saturated rings. The van der Waals surface area contributed by atoms with Gasteiger partial charge in [-0.3, -0.25) is 0 Å². The monoisotopic (exact) mass is 360 g/mol. The highest BCUT2D eigenvalue weighted by Gasteiger charge is 2.34. The first-order chi connectivity index (χ1) is 12.0. The highest BCUT2D eigenvalue weighted by atomic mass is 32.2. The quantitative estimate of drug-likeness (QED) is 0.789. The molecule has 0 aliphatic carbocycles. The molecule has 0 spiro atoms. The Hall–Kier alpha value is -2.70. The molecule has 1 aromatic carbocycles. The number of benzene rings is 1. The van der Waals surface area contributed by atoms with E-state index < -0.39 is 10.0 Å². The smallest absolute Gasteiger partial charge is 0.278 e. The Morgan fingerprint density at radius 1 is 1.20 bits per heavy atom. The molecule has 2 heterocycles. The van der Waals surface area contributed by atoms with E-state index in [1.165, 1.54) is 48.1 Å². The van der Waals surface area contributed by atoms with E-state index in [1.807, 2.05) is 6.07 Å². The molecular weight excluding hydrogens is 344 g/mol. The molecule has 0 bridgehead atoms. The lowest BCUT2D eigenvalue weighted by atomic mass is 10.2. The van der Waals surface area contributed by atoms with Gasteiger partial charge in [0.05, 0.1) is 30.2 Å². The number of aromatic nitrogens is 2. The summed E-state index contributed by atoms with van der Waals surface area (Å²) in [4.78, 5) is 8.23. The van der Waals surface area contributed by atoms with Crippen molar-refractivity contribution < 1.29 is 17.9 Å². The number of rotatable bonds is 5. The first-order valence-electron chi connectivity index (χ1n) is 7.56. The third-order valence-electron chi connectivity index (χ3n) is 3.83. The molecule has 1 unspecified atom stereocenters. The maximum absolute atomic E-state index is 12.7. The van der Waals surface area contributed by atoms with Crippen LogP contribution in [0.4, 0.5) is 0 Å². The predicted molar refractivity (Wildman–Crippen MR) is 87.5 cm³/mol. The normalized spacial score (nSPS) is 17.8. The molecule has 0 amide bonds. The first-order valence-corrected chi connectivity index (χ1v) is 9.00. The lowest BCUT2D eigenvalue weighted by molar-refractivity contribution is 0.194. The third-order valence-corrected chi connectivity index (χ3v) is 5.71. The van der Waals surface area contributed by atoms with Crippen LogP contribution in [0, 0.1) is 11.3 Å². The maximum Gasteiger partial charge on any atom is 0.278 e. The zero-order valence-electron chi connectivity index (χ0n) is 13.5. The summed E-state index contributed by atoms with van der Waals surface area (Å²) in [6, 6.07) is 7.82. The molecule has 1 aromatic heterocycles. The summed E-state index contributed by atoms with van der Waals surface area (Å²) in [7, 11) is -2.16. The van der Waals surface area contributed by atoms with E-state index in [1.54, 1.807) is 0 Å². The van der Waals surface area contributed by atoms with Crippen molar-refractivity contribution in [3.8, 4) is 17.8 Å². The summed E-state index contributed by atoms with van der Waals surface area (Å²) in [5.41, 5.74) is 0.413. The van der Waals surface area contributed by atoms with Crippen molar-refractivity contribution in [2.75, 3.05) is 20.2 Å². The van der Waals surface area contributed by atoms with Crippen LogP contribution >= 0.6 is 0 Å². The number of hydrogen-bond donors (Lipinski definition) is 0. The molecular formula is C16H16N4O4S. The van der Waals surface area contributed by atoms with Gasteiger partial charge >= 0.3 is 0 Å². The molecule has 0 N–H and O–H groups in total. The van der Waals surface area contributed by atoms with Gasteiger partial charge in [-0.15, -0.1) is 0 Å². The molecule has 0 radical (unpaired) electrons. The third kappa shape index (κ3) is 3.55. The van der Waals surface area contributed by atoms with Crippen molar-refractivity contribution in [3.63, 3.8) is 0 Å². The van der Waals surface area contributed by atoms with Crippen LogP contribution in [0.25, 0.3) is 0 Å². The fourth-order valence-corrected chi connectivity index (χ4v) is 4.04. The van der Waals surface area contributed by atoms with Gasteiger partial charge in [0, 0.05) is 18.9 Å². The van der Waals surface area contributed by atoms with E-state index in [9.17, 15) is 8.42 Å². The van der Waals surface area contributed by atoms with Crippen molar-refractivity contribution in [1.82, 2.24) is 14.3 Å². The second-order valence-electron chi connectivity index (χ2n) is 5.40. The van der Waals surface area contributed by atoms with Crippen molar-refractivity contribution in [1.29, 1.82) is 5.26 Å². The Balaban J connectivity index is 1.72. The van der Waals surface area contributed by atoms with Crippen LogP contribution in [-0.4, -0.2) is 49.0 Å². The summed E-state index contributed by atoms with van der Waals surface area (Å²) in [6.07, 6.45) is 3.17. The minimum atomic E-state index is -3.63. The maximum atomic E-state index is 12.7. The number of sulfonamides is 1. The van der Waals surface area contributed by atoms with Gasteiger partial charge in [0.2, 0.25) is 10.0 Å². The van der Waals surface area contributed by atoms with Gasteiger partial charge in [-0.05, 0) is 30.7 Å². The fourth-order valence-electron chi connectivity index (χ4n) is 2.55. The second kappa shape index (κ2) is 7.04.